The summed E-state index contributed by atoms with van der Waals surface area (Å²) in [5.74, 6) is -3.13. The molecule has 198 valence electrons. The number of carbonyl (C=O) groups is 1. The van der Waals surface area contributed by atoms with Crippen molar-refractivity contribution in [2.45, 2.75) is 39.0 Å². The molecule has 1 heterocycles. The van der Waals surface area contributed by atoms with Gasteiger partial charge in [0.25, 0.3) is 5.76 Å². The van der Waals surface area contributed by atoms with Gasteiger partial charge in [-0.1, -0.05) is 43.6 Å². The molecule has 4 rings (SSSR count). The van der Waals surface area contributed by atoms with Crippen LogP contribution in [0, 0.1) is 0 Å². The molecule has 1 unspecified atom stereocenters. The Balaban J connectivity index is 1.66. The first-order chi connectivity index (χ1) is 17.9. The van der Waals surface area contributed by atoms with Crippen molar-refractivity contribution in [3.63, 3.8) is 0 Å². The van der Waals surface area contributed by atoms with Gasteiger partial charge in [-0.2, -0.15) is 13.2 Å². The van der Waals surface area contributed by atoms with E-state index in [1.807, 2.05) is 13.8 Å². The summed E-state index contributed by atoms with van der Waals surface area (Å²) < 4.78 is 63.2. The SMILES string of the molecule is CC(Oc1ccc(Cl)cc1)C(=O)Oc1ccc2c(=O)c(Oc3ccccc3C(C)C)c(C(F)(F)F)oc2c1. The molecule has 10 heteroatoms. The first-order valence-electron chi connectivity index (χ1n) is 11.5. The highest BCUT2D eigenvalue weighted by atomic mass is 35.5. The molecule has 0 fully saturated rings. The maximum Gasteiger partial charge on any atom is 0.453 e. The molecular formula is C28H22ClF3O6. The zero-order valence-electron chi connectivity index (χ0n) is 20.5. The van der Waals surface area contributed by atoms with Crippen LogP contribution in [0.1, 0.15) is 38.0 Å². The molecule has 0 aliphatic heterocycles. The third kappa shape index (κ3) is 5.94. The minimum atomic E-state index is -5.04. The van der Waals surface area contributed by atoms with E-state index in [4.69, 9.17) is 30.2 Å². The van der Waals surface area contributed by atoms with Gasteiger partial charge in [0.2, 0.25) is 11.2 Å². The van der Waals surface area contributed by atoms with E-state index >= 15 is 0 Å². The molecule has 0 saturated heterocycles. The van der Waals surface area contributed by atoms with Gasteiger partial charge >= 0.3 is 12.1 Å². The first kappa shape index (κ1) is 27.1. The highest BCUT2D eigenvalue weighted by Gasteiger charge is 2.40. The average molecular weight is 547 g/mol. The molecule has 0 saturated carbocycles. The standard InChI is InChI=1S/C28H22ClF3O6/c1-15(2)20-6-4-5-7-22(20)37-25-24(33)21-13-12-19(14-23(21)38-26(25)28(30,31)32)36-27(34)16(3)35-18-10-8-17(29)9-11-18/h4-16H,1-3H3. The topological polar surface area (TPSA) is 75.0 Å². The van der Waals surface area contributed by atoms with Crippen LogP contribution in [-0.2, 0) is 11.0 Å². The first-order valence-corrected chi connectivity index (χ1v) is 11.9. The Labute approximate surface area is 220 Å². The number of esters is 1. The Bertz CT molecular complexity index is 1530. The molecule has 0 N–H and O–H groups in total. The van der Waals surface area contributed by atoms with Crippen LogP contribution in [0.5, 0.6) is 23.0 Å². The maximum atomic E-state index is 13.9. The van der Waals surface area contributed by atoms with Gasteiger partial charge < -0.3 is 18.6 Å². The zero-order chi connectivity index (χ0) is 27.6. The van der Waals surface area contributed by atoms with Crippen LogP contribution in [0.3, 0.4) is 0 Å². The number of para-hydroxylation sites is 1. The predicted molar refractivity (Wildman–Crippen MR) is 135 cm³/mol. The number of carbonyl (C=O) groups excluding carboxylic acids is 1. The largest absolute Gasteiger partial charge is 0.479 e. The summed E-state index contributed by atoms with van der Waals surface area (Å²) in [7, 11) is 0. The summed E-state index contributed by atoms with van der Waals surface area (Å²) in [5, 5.41) is 0.307. The van der Waals surface area contributed by atoms with Gasteiger partial charge in [0.05, 0.1) is 5.39 Å². The van der Waals surface area contributed by atoms with Crippen molar-refractivity contribution in [1.29, 1.82) is 0 Å². The van der Waals surface area contributed by atoms with Crippen molar-refractivity contribution in [3.8, 4) is 23.0 Å². The molecule has 0 spiro atoms. The summed E-state index contributed by atoms with van der Waals surface area (Å²) in [5.41, 5.74) is -0.824. The Hall–Kier alpha value is -3.98. The van der Waals surface area contributed by atoms with Gasteiger partial charge in [-0.25, -0.2) is 4.79 Å². The summed E-state index contributed by atoms with van der Waals surface area (Å²) in [4.78, 5) is 25.6. The lowest BCUT2D eigenvalue weighted by Gasteiger charge is -2.17. The number of fused-ring (bicyclic) bond motifs is 1. The van der Waals surface area contributed by atoms with Crippen molar-refractivity contribution >= 4 is 28.5 Å². The molecule has 4 aromatic rings. The number of ether oxygens (including phenoxy) is 3. The minimum absolute atomic E-state index is 0.0728. The number of halogens is 4. The van der Waals surface area contributed by atoms with Crippen LogP contribution >= 0.6 is 11.6 Å². The second kappa shape index (κ2) is 10.8. The predicted octanol–water partition coefficient (Wildman–Crippen LogP) is 7.75. The fourth-order valence-corrected chi connectivity index (χ4v) is 3.75. The Morgan fingerprint density at radius 2 is 1.61 bits per heavy atom. The molecule has 1 atom stereocenters. The van der Waals surface area contributed by atoms with Gasteiger partial charge in [0.15, 0.2) is 6.10 Å². The molecule has 0 aliphatic rings. The number of hydrogen-bond donors (Lipinski definition) is 0. The van der Waals surface area contributed by atoms with Crippen LogP contribution in [0.25, 0.3) is 11.0 Å². The Morgan fingerprint density at radius 1 is 0.947 bits per heavy atom. The zero-order valence-corrected chi connectivity index (χ0v) is 21.2. The van der Waals surface area contributed by atoms with E-state index in [0.29, 0.717) is 16.3 Å². The normalized spacial score (nSPS) is 12.4. The summed E-state index contributed by atoms with van der Waals surface area (Å²) in [6.45, 7) is 5.14. The van der Waals surface area contributed by atoms with Crippen LogP contribution in [-0.4, -0.2) is 12.1 Å². The minimum Gasteiger partial charge on any atom is -0.479 e. The summed E-state index contributed by atoms with van der Waals surface area (Å²) in [6, 6.07) is 16.3. The number of hydrogen-bond acceptors (Lipinski definition) is 6. The summed E-state index contributed by atoms with van der Waals surface area (Å²) in [6.07, 6.45) is -6.09. The van der Waals surface area contributed by atoms with E-state index in [2.05, 4.69) is 0 Å². The lowest BCUT2D eigenvalue weighted by atomic mass is 10.0. The van der Waals surface area contributed by atoms with Crippen LogP contribution in [0.4, 0.5) is 13.2 Å². The van der Waals surface area contributed by atoms with Gasteiger partial charge in [0, 0.05) is 11.1 Å². The van der Waals surface area contributed by atoms with E-state index in [1.54, 1.807) is 42.5 Å². The molecule has 0 amide bonds. The van der Waals surface area contributed by atoms with E-state index < -0.39 is 40.8 Å². The lowest BCUT2D eigenvalue weighted by Crippen LogP contribution is -2.28. The van der Waals surface area contributed by atoms with Crippen LogP contribution < -0.4 is 19.6 Å². The third-order valence-electron chi connectivity index (χ3n) is 5.51. The Kier molecular flexibility index (Phi) is 7.68. The molecule has 1 aromatic heterocycles. The second-order valence-corrected chi connectivity index (χ2v) is 9.11. The smallest absolute Gasteiger partial charge is 0.453 e. The summed E-state index contributed by atoms with van der Waals surface area (Å²) >= 11 is 5.83. The van der Waals surface area contributed by atoms with E-state index in [0.717, 1.165) is 6.07 Å². The fraction of sp³-hybridized carbons (Fsp3) is 0.214. The maximum absolute atomic E-state index is 13.9. The molecule has 0 aliphatic carbocycles. The van der Waals surface area contributed by atoms with Gasteiger partial charge in [-0.05, 0) is 60.9 Å². The fourth-order valence-electron chi connectivity index (χ4n) is 3.62. The van der Waals surface area contributed by atoms with Crippen LogP contribution in [0.15, 0.2) is 75.9 Å². The highest BCUT2D eigenvalue weighted by Crippen LogP contribution is 2.40. The number of alkyl halides is 3. The van der Waals surface area contributed by atoms with E-state index in [9.17, 15) is 22.8 Å². The van der Waals surface area contributed by atoms with Gasteiger partial charge in [-0.15, -0.1) is 0 Å². The Morgan fingerprint density at radius 3 is 2.26 bits per heavy atom. The monoisotopic (exact) mass is 546 g/mol. The highest BCUT2D eigenvalue weighted by molar-refractivity contribution is 6.30. The average Bonchev–Trinajstić information content (AvgIpc) is 2.86. The number of benzene rings is 3. The van der Waals surface area contributed by atoms with E-state index in [-0.39, 0.29) is 22.8 Å². The van der Waals surface area contributed by atoms with Gasteiger partial charge in [0.1, 0.15) is 22.8 Å². The molecule has 38 heavy (non-hydrogen) atoms. The van der Waals surface area contributed by atoms with Crippen molar-refractivity contribution < 1.29 is 36.6 Å². The molecular weight excluding hydrogens is 525 g/mol. The van der Waals surface area contributed by atoms with Crippen molar-refractivity contribution in [1.82, 2.24) is 0 Å². The molecule has 0 bridgehead atoms. The van der Waals surface area contributed by atoms with Crippen molar-refractivity contribution in [2.75, 3.05) is 0 Å². The lowest BCUT2D eigenvalue weighted by molar-refractivity contribution is -0.154. The number of rotatable bonds is 7. The van der Waals surface area contributed by atoms with Crippen LogP contribution in [0.2, 0.25) is 5.02 Å². The quantitative estimate of drug-likeness (QED) is 0.174. The van der Waals surface area contributed by atoms with Crippen molar-refractivity contribution in [3.05, 3.63) is 93.3 Å². The van der Waals surface area contributed by atoms with Crippen molar-refractivity contribution in [2.24, 2.45) is 0 Å². The van der Waals surface area contributed by atoms with E-state index in [1.165, 1.54) is 25.1 Å². The molecule has 6 nitrogen and oxygen atoms in total. The second-order valence-electron chi connectivity index (χ2n) is 8.67. The molecule has 3 aromatic carbocycles. The van der Waals surface area contributed by atoms with Gasteiger partial charge in [-0.3, -0.25) is 4.79 Å². The molecule has 0 radical (unpaired) electrons. The third-order valence-corrected chi connectivity index (χ3v) is 5.76.